The molecular weight excluding hydrogens is 286 g/mol. The van der Waals surface area contributed by atoms with Gasteiger partial charge in [-0.3, -0.25) is 4.79 Å². The molecule has 0 spiro atoms. The van der Waals surface area contributed by atoms with Crippen molar-refractivity contribution in [3.63, 3.8) is 0 Å². The molecule has 4 nitrogen and oxygen atoms in total. The zero-order valence-corrected chi connectivity index (χ0v) is 13.9. The van der Waals surface area contributed by atoms with Crippen LogP contribution in [0, 0.1) is 19.8 Å². The van der Waals surface area contributed by atoms with E-state index in [0.717, 1.165) is 44.7 Å². The Morgan fingerprint density at radius 2 is 2.13 bits per heavy atom. The quantitative estimate of drug-likeness (QED) is 0.812. The summed E-state index contributed by atoms with van der Waals surface area (Å²) in [7, 11) is 0. The van der Waals surface area contributed by atoms with Gasteiger partial charge >= 0.3 is 0 Å². The lowest BCUT2D eigenvalue weighted by Gasteiger charge is -2.34. The van der Waals surface area contributed by atoms with Crippen LogP contribution in [0.25, 0.3) is 0 Å². The zero-order chi connectivity index (χ0) is 16.0. The molecule has 2 aliphatic heterocycles. The number of benzene rings is 1. The molecule has 1 aromatic heterocycles. The lowest BCUT2D eigenvalue weighted by atomic mass is 9.91. The zero-order valence-electron chi connectivity index (χ0n) is 13.9. The normalized spacial score (nSPS) is 20.1. The molecule has 2 aromatic rings. The van der Waals surface area contributed by atoms with Gasteiger partial charge in [-0.25, -0.2) is 4.98 Å². The van der Waals surface area contributed by atoms with Gasteiger partial charge in [0.25, 0.3) is 0 Å². The summed E-state index contributed by atoms with van der Waals surface area (Å²) in [6, 6.07) is 6.47. The molecule has 4 rings (SSSR count). The number of carbonyl (C=O) groups excluding carboxylic acids is 1. The van der Waals surface area contributed by atoms with Crippen molar-refractivity contribution < 1.29 is 4.79 Å². The van der Waals surface area contributed by atoms with Gasteiger partial charge in [0.1, 0.15) is 5.82 Å². The largest absolute Gasteiger partial charge is 0.338 e. The summed E-state index contributed by atoms with van der Waals surface area (Å²) in [5, 5.41) is 0. The number of carbonyl (C=O) groups is 1. The van der Waals surface area contributed by atoms with Crippen LogP contribution in [0.1, 0.15) is 34.6 Å². The van der Waals surface area contributed by atoms with E-state index in [1.54, 1.807) is 0 Å². The monoisotopic (exact) mass is 309 g/mol. The van der Waals surface area contributed by atoms with Gasteiger partial charge in [-0.1, -0.05) is 18.2 Å². The summed E-state index contributed by atoms with van der Waals surface area (Å²) in [5.74, 6) is 1.50. The lowest BCUT2D eigenvalue weighted by Crippen LogP contribution is -2.42. The Kier molecular flexibility index (Phi) is 3.47. The van der Waals surface area contributed by atoms with Crippen LogP contribution in [0.5, 0.6) is 0 Å². The molecular formula is C19H23N3O. The SMILES string of the molecule is Cc1cccc2c1CN(C(=O)C1CCn3c(cnc3C)C1)CC2. The highest BCUT2D eigenvalue weighted by Crippen LogP contribution is 2.27. The summed E-state index contributed by atoms with van der Waals surface area (Å²) < 4.78 is 2.25. The summed E-state index contributed by atoms with van der Waals surface area (Å²) in [6.45, 7) is 6.73. The minimum absolute atomic E-state index is 0.115. The minimum atomic E-state index is 0.115. The first-order valence-electron chi connectivity index (χ1n) is 8.50. The lowest BCUT2D eigenvalue weighted by molar-refractivity contribution is -0.137. The predicted octanol–water partition coefficient (Wildman–Crippen LogP) is 2.65. The van der Waals surface area contributed by atoms with Crippen LogP contribution in [0.2, 0.25) is 0 Å². The molecule has 1 atom stereocenters. The highest BCUT2D eigenvalue weighted by atomic mass is 16.2. The molecule has 0 saturated carbocycles. The smallest absolute Gasteiger partial charge is 0.226 e. The van der Waals surface area contributed by atoms with Crippen LogP contribution in [0.4, 0.5) is 0 Å². The average Bonchev–Trinajstić information content (AvgIpc) is 2.95. The predicted molar refractivity (Wildman–Crippen MR) is 89.1 cm³/mol. The molecule has 2 aliphatic rings. The molecule has 1 aromatic carbocycles. The van der Waals surface area contributed by atoms with Crippen molar-refractivity contribution in [2.45, 2.75) is 46.2 Å². The fourth-order valence-electron chi connectivity index (χ4n) is 4.03. The summed E-state index contributed by atoms with van der Waals surface area (Å²) in [5.41, 5.74) is 5.27. The number of amides is 1. The number of fused-ring (bicyclic) bond motifs is 2. The first kappa shape index (κ1) is 14.5. The van der Waals surface area contributed by atoms with E-state index in [2.05, 4.69) is 39.6 Å². The van der Waals surface area contributed by atoms with E-state index >= 15 is 0 Å². The van der Waals surface area contributed by atoms with Crippen LogP contribution >= 0.6 is 0 Å². The van der Waals surface area contributed by atoms with Crippen LogP contribution < -0.4 is 0 Å². The van der Waals surface area contributed by atoms with Crippen molar-refractivity contribution in [1.29, 1.82) is 0 Å². The Hall–Kier alpha value is -2.10. The maximum absolute atomic E-state index is 13.0. The minimum Gasteiger partial charge on any atom is -0.338 e. The van der Waals surface area contributed by atoms with Gasteiger partial charge in [0.2, 0.25) is 5.91 Å². The van der Waals surface area contributed by atoms with Gasteiger partial charge in [-0.05, 0) is 43.4 Å². The fraction of sp³-hybridized carbons (Fsp3) is 0.474. The third kappa shape index (κ3) is 2.46. The number of hydrogen-bond acceptors (Lipinski definition) is 2. The van der Waals surface area contributed by atoms with E-state index < -0.39 is 0 Å². The number of hydrogen-bond donors (Lipinski definition) is 0. The van der Waals surface area contributed by atoms with Gasteiger partial charge in [0, 0.05) is 43.9 Å². The van der Waals surface area contributed by atoms with E-state index in [1.807, 2.05) is 13.1 Å². The van der Waals surface area contributed by atoms with Gasteiger partial charge in [0.15, 0.2) is 0 Å². The average molecular weight is 309 g/mol. The molecule has 1 amide bonds. The Morgan fingerprint density at radius 1 is 1.26 bits per heavy atom. The maximum atomic E-state index is 13.0. The molecule has 23 heavy (non-hydrogen) atoms. The maximum Gasteiger partial charge on any atom is 0.226 e. The molecule has 1 unspecified atom stereocenters. The molecule has 0 fully saturated rings. The van der Waals surface area contributed by atoms with Crippen molar-refractivity contribution in [3.8, 4) is 0 Å². The third-order valence-electron chi connectivity index (χ3n) is 5.46. The van der Waals surface area contributed by atoms with Crippen LogP contribution in [-0.2, 0) is 30.7 Å². The summed E-state index contributed by atoms with van der Waals surface area (Å²) in [6.07, 6.45) is 4.67. The third-order valence-corrected chi connectivity index (χ3v) is 5.46. The molecule has 0 bridgehead atoms. The number of rotatable bonds is 1. The van der Waals surface area contributed by atoms with Crippen LogP contribution in [0.3, 0.4) is 0 Å². The van der Waals surface area contributed by atoms with Crippen molar-refractivity contribution in [3.05, 3.63) is 52.6 Å². The second kappa shape index (κ2) is 5.52. The first-order valence-corrected chi connectivity index (χ1v) is 8.50. The molecule has 3 heterocycles. The van der Waals surface area contributed by atoms with Crippen molar-refractivity contribution in [2.75, 3.05) is 6.54 Å². The van der Waals surface area contributed by atoms with E-state index in [9.17, 15) is 4.79 Å². The van der Waals surface area contributed by atoms with E-state index in [1.165, 1.54) is 22.4 Å². The van der Waals surface area contributed by atoms with Crippen LogP contribution in [0.15, 0.2) is 24.4 Å². The van der Waals surface area contributed by atoms with E-state index in [4.69, 9.17) is 0 Å². The summed E-state index contributed by atoms with van der Waals surface area (Å²) >= 11 is 0. The van der Waals surface area contributed by atoms with Gasteiger partial charge in [-0.15, -0.1) is 0 Å². The van der Waals surface area contributed by atoms with E-state index in [-0.39, 0.29) is 5.92 Å². The Labute approximate surface area is 137 Å². The van der Waals surface area contributed by atoms with Gasteiger partial charge in [-0.2, -0.15) is 0 Å². The number of imidazole rings is 1. The Bertz CT molecular complexity index is 762. The van der Waals surface area contributed by atoms with E-state index in [0.29, 0.717) is 5.91 Å². The van der Waals surface area contributed by atoms with Gasteiger partial charge in [0.05, 0.1) is 0 Å². The molecule has 0 aliphatic carbocycles. The number of nitrogens with zero attached hydrogens (tertiary/aromatic N) is 3. The molecule has 120 valence electrons. The highest BCUT2D eigenvalue weighted by Gasteiger charge is 2.31. The second-order valence-electron chi connectivity index (χ2n) is 6.86. The standard InChI is InChI=1S/C19H23N3O/c1-13-4-3-5-15-6-8-21(12-18(13)15)19(23)16-7-9-22-14(2)20-11-17(22)10-16/h3-5,11,16H,6-10,12H2,1-2H3. The summed E-state index contributed by atoms with van der Waals surface area (Å²) in [4.78, 5) is 19.4. The molecule has 0 radical (unpaired) electrons. The molecule has 0 saturated heterocycles. The van der Waals surface area contributed by atoms with Crippen LogP contribution in [-0.4, -0.2) is 26.9 Å². The van der Waals surface area contributed by atoms with Crippen molar-refractivity contribution in [1.82, 2.24) is 14.5 Å². The fourth-order valence-corrected chi connectivity index (χ4v) is 4.03. The van der Waals surface area contributed by atoms with Gasteiger partial charge < -0.3 is 9.47 Å². The number of aromatic nitrogens is 2. The second-order valence-corrected chi connectivity index (χ2v) is 6.86. The Morgan fingerprint density at radius 3 is 3.00 bits per heavy atom. The number of aryl methyl sites for hydroxylation is 2. The Balaban J connectivity index is 1.51. The topological polar surface area (TPSA) is 38.1 Å². The highest BCUT2D eigenvalue weighted by molar-refractivity contribution is 5.79. The van der Waals surface area contributed by atoms with Crippen molar-refractivity contribution in [2.24, 2.45) is 5.92 Å². The molecule has 4 heteroatoms. The van der Waals surface area contributed by atoms with Crippen molar-refractivity contribution >= 4 is 5.91 Å². The molecule has 0 N–H and O–H groups in total. The first-order chi connectivity index (χ1) is 11.1.